The standard InChI is InChI=1S/C23H27NO6/c1-12(2)15-8-16-21(26)20-18(30-23(16,4)19(9-15)28-13(3)25)10-17(29-22(20)27)14-6-5-7-24-11-14/h5-7,10-12,15-16,19,21,26H,8-9H2,1-4H3/t15?,16-,19-,21?,23-/m0/s1. The second-order valence-electron chi connectivity index (χ2n) is 8.83. The summed E-state index contributed by atoms with van der Waals surface area (Å²) in [4.78, 5) is 28.7. The van der Waals surface area contributed by atoms with E-state index in [9.17, 15) is 14.7 Å². The molecule has 30 heavy (non-hydrogen) atoms. The third-order valence-corrected chi connectivity index (χ3v) is 6.60. The molecule has 4 rings (SSSR count). The SMILES string of the molecule is CC(=O)O[C@H]1CC(C(C)C)C[C@H]2C(O)c3c(cc(-c4cccnc4)oc3=O)O[C@]12C. The summed E-state index contributed by atoms with van der Waals surface area (Å²) in [5.41, 5.74) is -0.834. The molecular weight excluding hydrogens is 386 g/mol. The summed E-state index contributed by atoms with van der Waals surface area (Å²) in [7, 11) is 0. The molecule has 0 amide bonds. The first kappa shape index (κ1) is 20.6. The van der Waals surface area contributed by atoms with Crippen LogP contribution < -0.4 is 10.4 Å². The minimum absolute atomic E-state index is 0.121. The second-order valence-corrected chi connectivity index (χ2v) is 8.83. The van der Waals surface area contributed by atoms with Crippen molar-refractivity contribution in [2.75, 3.05) is 0 Å². The number of hydrogen-bond acceptors (Lipinski definition) is 7. The van der Waals surface area contributed by atoms with Crippen LogP contribution in [0.4, 0.5) is 0 Å². The van der Waals surface area contributed by atoms with E-state index in [1.165, 1.54) is 6.92 Å². The van der Waals surface area contributed by atoms with Crippen molar-refractivity contribution < 1.29 is 23.8 Å². The third kappa shape index (κ3) is 3.41. The molecule has 160 valence electrons. The predicted octanol–water partition coefficient (Wildman–Crippen LogP) is 3.50. The van der Waals surface area contributed by atoms with Crippen molar-refractivity contribution in [3.05, 3.63) is 46.6 Å². The van der Waals surface area contributed by atoms with Gasteiger partial charge < -0.3 is 19.0 Å². The number of nitrogens with zero attached hydrogens (tertiary/aromatic N) is 1. The highest BCUT2D eigenvalue weighted by Gasteiger charge is 2.57. The van der Waals surface area contributed by atoms with Crippen LogP contribution in [0.15, 0.2) is 39.8 Å². The highest BCUT2D eigenvalue weighted by molar-refractivity contribution is 5.66. The molecule has 0 spiro atoms. The van der Waals surface area contributed by atoms with E-state index in [-0.39, 0.29) is 17.2 Å². The van der Waals surface area contributed by atoms with Gasteiger partial charge >= 0.3 is 11.6 Å². The fourth-order valence-electron chi connectivity index (χ4n) is 4.82. The molecule has 1 aliphatic heterocycles. The first-order valence-electron chi connectivity index (χ1n) is 10.3. The summed E-state index contributed by atoms with van der Waals surface area (Å²) in [6, 6.07) is 5.13. The van der Waals surface area contributed by atoms with Crippen molar-refractivity contribution in [2.45, 2.75) is 58.3 Å². The summed E-state index contributed by atoms with van der Waals surface area (Å²) in [5.74, 6) is 0.344. The van der Waals surface area contributed by atoms with Crippen molar-refractivity contribution in [3.8, 4) is 17.1 Å². The first-order chi connectivity index (χ1) is 14.2. The smallest absolute Gasteiger partial charge is 0.345 e. The molecule has 1 N–H and O–H groups in total. The van der Waals surface area contributed by atoms with Gasteiger partial charge in [-0.25, -0.2) is 4.79 Å². The van der Waals surface area contributed by atoms with Gasteiger partial charge in [0.15, 0.2) is 0 Å². The Balaban J connectivity index is 1.81. The summed E-state index contributed by atoms with van der Waals surface area (Å²) >= 11 is 0. The van der Waals surface area contributed by atoms with Crippen LogP contribution in [0.5, 0.6) is 5.75 Å². The van der Waals surface area contributed by atoms with Crippen molar-refractivity contribution >= 4 is 5.97 Å². The zero-order valence-electron chi connectivity index (χ0n) is 17.6. The van der Waals surface area contributed by atoms with Crippen molar-refractivity contribution in [1.82, 2.24) is 4.98 Å². The summed E-state index contributed by atoms with van der Waals surface area (Å²) in [5, 5.41) is 11.2. The Morgan fingerprint density at radius 1 is 1.37 bits per heavy atom. The van der Waals surface area contributed by atoms with Gasteiger partial charge in [0.2, 0.25) is 0 Å². The molecule has 0 radical (unpaired) electrons. The van der Waals surface area contributed by atoms with Crippen molar-refractivity contribution in [2.24, 2.45) is 17.8 Å². The average molecular weight is 413 g/mol. The van der Waals surface area contributed by atoms with Crippen LogP contribution in [0.2, 0.25) is 0 Å². The van der Waals surface area contributed by atoms with Gasteiger partial charge in [-0.1, -0.05) is 13.8 Å². The van der Waals surface area contributed by atoms with E-state index in [1.54, 1.807) is 30.6 Å². The maximum absolute atomic E-state index is 12.8. The Labute approximate surface area is 175 Å². The van der Waals surface area contributed by atoms with Gasteiger partial charge in [-0.15, -0.1) is 0 Å². The lowest BCUT2D eigenvalue weighted by atomic mass is 9.63. The lowest BCUT2D eigenvalue weighted by Gasteiger charge is -2.53. The largest absolute Gasteiger partial charge is 0.482 e. The van der Waals surface area contributed by atoms with Gasteiger partial charge in [0, 0.05) is 36.9 Å². The molecular formula is C23H27NO6. The quantitative estimate of drug-likeness (QED) is 0.769. The molecule has 3 heterocycles. The number of fused-ring (bicyclic) bond motifs is 2. The zero-order chi connectivity index (χ0) is 21.6. The summed E-state index contributed by atoms with van der Waals surface area (Å²) in [6.07, 6.45) is 2.92. The Morgan fingerprint density at radius 3 is 2.77 bits per heavy atom. The molecule has 0 aromatic carbocycles. The minimum atomic E-state index is -1.07. The second kappa shape index (κ2) is 7.54. The number of esters is 1. The van der Waals surface area contributed by atoms with Gasteiger partial charge in [-0.05, 0) is 43.7 Å². The molecule has 7 heteroatoms. The van der Waals surface area contributed by atoms with Crippen LogP contribution in [0.25, 0.3) is 11.3 Å². The fraction of sp³-hybridized carbons (Fsp3) is 0.522. The summed E-state index contributed by atoms with van der Waals surface area (Å²) < 4.78 is 17.5. The van der Waals surface area contributed by atoms with E-state index in [0.717, 1.165) is 0 Å². The van der Waals surface area contributed by atoms with Gasteiger partial charge in [0.25, 0.3) is 0 Å². The molecule has 2 aromatic rings. The molecule has 1 fully saturated rings. The number of aliphatic hydroxyl groups is 1. The maximum atomic E-state index is 12.8. The first-order valence-corrected chi connectivity index (χ1v) is 10.3. The van der Waals surface area contributed by atoms with Crippen molar-refractivity contribution in [3.63, 3.8) is 0 Å². The van der Waals surface area contributed by atoms with E-state index >= 15 is 0 Å². The monoisotopic (exact) mass is 413 g/mol. The van der Waals surface area contributed by atoms with E-state index < -0.39 is 35.3 Å². The highest BCUT2D eigenvalue weighted by atomic mass is 16.6. The Morgan fingerprint density at radius 2 is 2.13 bits per heavy atom. The number of hydrogen-bond donors (Lipinski definition) is 1. The normalized spacial score (nSPS) is 30.2. The molecule has 2 aliphatic rings. The van der Waals surface area contributed by atoms with Gasteiger partial charge in [-0.2, -0.15) is 0 Å². The lowest BCUT2D eigenvalue weighted by molar-refractivity contribution is -0.194. The number of carbonyl (C=O) groups excluding carboxylic acids is 1. The van der Waals surface area contributed by atoms with Gasteiger partial charge in [-0.3, -0.25) is 9.78 Å². The highest BCUT2D eigenvalue weighted by Crippen LogP contribution is 2.53. The molecule has 2 unspecified atom stereocenters. The van der Waals surface area contributed by atoms with Crippen LogP contribution in [0.1, 0.15) is 52.2 Å². The summed E-state index contributed by atoms with van der Waals surface area (Å²) in [6.45, 7) is 7.44. The van der Waals surface area contributed by atoms with Crippen LogP contribution >= 0.6 is 0 Å². The minimum Gasteiger partial charge on any atom is -0.482 e. The van der Waals surface area contributed by atoms with Gasteiger partial charge in [0.1, 0.15) is 28.8 Å². The maximum Gasteiger partial charge on any atom is 0.345 e. The number of pyridine rings is 1. The van der Waals surface area contributed by atoms with Crippen LogP contribution in [0.3, 0.4) is 0 Å². The van der Waals surface area contributed by atoms with Crippen LogP contribution in [0, 0.1) is 17.8 Å². The zero-order valence-corrected chi connectivity index (χ0v) is 17.6. The molecule has 0 saturated heterocycles. The van der Waals surface area contributed by atoms with Crippen LogP contribution in [-0.4, -0.2) is 27.8 Å². The number of aliphatic hydroxyl groups excluding tert-OH is 1. The molecule has 0 bridgehead atoms. The average Bonchev–Trinajstić information content (AvgIpc) is 2.68. The molecule has 7 nitrogen and oxygen atoms in total. The number of carbonyl (C=O) groups is 1. The number of aromatic nitrogens is 1. The molecule has 5 atom stereocenters. The van der Waals surface area contributed by atoms with E-state index in [4.69, 9.17) is 13.9 Å². The van der Waals surface area contributed by atoms with Crippen LogP contribution in [-0.2, 0) is 9.53 Å². The number of ether oxygens (including phenoxy) is 2. The van der Waals surface area contributed by atoms with Gasteiger partial charge in [0.05, 0.1) is 6.10 Å². The van der Waals surface area contributed by atoms with Crippen molar-refractivity contribution in [1.29, 1.82) is 0 Å². The van der Waals surface area contributed by atoms with E-state index in [1.807, 2.05) is 6.92 Å². The third-order valence-electron chi connectivity index (χ3n) is 6.60. The molecule has 2 aromatic heterocycles. The van der Waals surface area contributed by atoms with E-state index in [2.05, 4.69) is 18.8 Å². The topological polar surface area (TPSA) is 98.9 Å². The Bertz CT molecular complexity index is 1000. The number of rotatable bonds is 3. The lowest BCUT2D eigenvalue weighted by Crippen LogP contribution is -2.61. The predicted molar refractivity (Wildman–Crippen MR) is 109 cm³/mol. The Kier molecular flexibility index (Phi) is 5.18. The molecule has 1 aliphatic carbocycles. The fourth-order valence-corrected chi connectivity index (χ4v) is 4.82. The van der Waals surface area contributed by atoms with E-state index in [0.29, 0.717) is 30.1 Å². The Hall–Kier alpha value is -2.67. The molecule has 1 saturated carbocycles.